The van der Waals surface area contributed by atoms with Crippen LogP contribution < -0.4 is 4.74 Å². The number of carbonyl (C=O) groups is 1. The number of likely N-dealkylation sites (tertiary alicyclic amines) is 2. The van der Waals surface area contributed by atoms with Crippen molar-refractivity contribution < 1.29 is 14.6 Å². The van der Waals surface area contributed by atoms with Gasteiger partial charge in [0.15, 0.2) is 0 Å². The van der Waals surface area contributed by atoms with Crippen LogP contribution in [0.5, 0.6) is 5.75 Å². The summed E-state index contributed by atoms with van der Waals surface area (Å²) in [6.45, 7) is 3.56. The molecular weight excluding hydrogens is 292 g/mol. The van der Waals surface area contributed by atoms with Crippen molar-refractivity contribution in [3.63, 3.8) is 0 Å². The van der Waals surface area contributed by atoms with Crippen molar-refractivity contribution in [2.75, 3.05) is 33.4 Å². The number of carbonyl (C=O) groups excluding carboxylic acids is 1. The summed E-state index contributed by atoms with van der Waals surface area (Å²) in [5.74, 6) is 1.12. The van der Waals surface area contributed by atoms with E-state index in [4.69, 9.17) is 9.84 Å². The lowest BCUT2D eigenvalue weighted by Gasteiger charge is -2.45. The number of nitrogens with zero attached hydrogens (tertiary/aromatic N) is 2. The van der Waals surface area contributed by atoms with Crippen LogP contribution in [-0.2, 0) is 11.3 Å². The maximum Gasteiger partial charge on any atom is 0.223 e. The normalized spacial score (nSPS) is 21.1. The Bertz CT molecular complexity index is 536. The van der Waals surface area contributed by atoms with Crippen LogP contribution >= 0.6 is 0 Å². The number of β-amino-alcohol motifs (C(OH)–C–C–N with tert-alkyl or cyclic N) is 1. The first-order valence-electron chi connectivity index (χ1n) is 8.43. The minimum Gasteiger partial charge on any atom is -0.497 e. The molecule has 23 heavy (non-hydrogen) atoms. The number of methoxy groups -OCH3 is 1. The molecule has 0 unspecified atom stereocenters. The van der Waals surface area contributed by atoms with E-state index in [0.29, 0.717) is 13.0 Å². The molecule has 5 heteroatoms. The molecule has 1 spiro atoms. The van der Waals surface area contributed by atoms with Gasteiger partial charge in [0.1, 0.15) is 5.75 Å². The van der Waals surface area contributed by atoms with Crippen LogP contribution in [0.4, 0.5) is 0 Å². The Morgan fingerprint density at radius 3 is 2.48 bits per heavy atom. The van der Waals surface area contributed by atoms with Crippen molar-refractivity contribution in [2.24, 2.45) is 0 Å². The zero-order valence-electron chi connectivity index (χ0n) is 13.8. The van der Waals surface area contributed by atoms with E-state index in [1.165, 1.54) is 0 Å². The van der Waals surface area contributed by atoms with Crippen LogP contribution in [0, 0.1) is 0 Å². The number of hydrogen-bond donors (Lipinski definition) is 1. The van der Waals surface area contributed by atoms with Gasteiger partial charge in [0.05, 0.1) is 13.7 Å². The summed E-state index contributed by atoms with van der Waals surface area (Å²) in [5.41, 5.74) is 1.17. The molecule has 1 aromatic carbocycles. The molecule has 0 atom stereocenters. The summed E-state index contributed by atoms with van der Waals surface area (Å²) in [5, 5.41) is 9.09. The molecule has 2 fully saturated rings. The third-order valence-electron chi connectivity index (χ3n) is 5.38. The fourth-order valence-corrected chi connectivity index (χ4v) is 3.90. The molecule has 126 valence electrons. The van der Waals surface area contributed by atoms with Gasteiger partial charge in [-0.1, -0.05) is 12.1 Å². The second-order valence-corrected chi connectivity index (χ2v) is 6.62. The van der Waals surface area contributed by atoms with Gasteiger partial charge in [0.2, 0.25) is 5.91 Å². The van der Waals surface area contributed by atoms with Crippen LogP contribution in [0.1, 0.15) is 31.2 Å². The van der Waals surface area contributed by atoms with E-state index in [2.05, 4.69) is 9.80 Å². The highest BCUT2D eigenvalue weighted by Gasteiger charge is 2.46. The number of hydrogen-bond acceptors (Lipinski definition) is 4. The Morgan fingerprint density at radius 1 is 1.17 bits per heavy atom. The molecule has 5 nitrogen and oxygen atoms in total. The fourth-order valence-electron chi connectivity index (χ4n) is 3.90. The maximum absolute atomic E-state index is 12.4. The topological polar surface area (TPSA) is 53.0 Å². The molecule has 2 aliphatic heterocycles. The average Bonchev–Trinajstić information content (AvgIpc) is 2.88. The van der Waals surface area contributed by atoms with Crippen molar-refractivity contribution >= 4 is 5.91 Å². The summed E-state index contributed by atoms with van der Waals surface area (Å²) < 4.78 is 5.20. The maximum atomic E-state index is 12.4. The Labute approximate surface area is 137 Å². The van der Waals surface area contributed by atoms with E-state index in [-0.39, 0.29) is 18.1 Å². The van der Waals surface area contributed by atoms with E-state index >= 15 is 0 Å². The predicted octanol–water partition coefficient (Wildman–Crippen LogP) is 1.64. The first kappa shape index (κ1) is 16.3. The van der Waals surface area contributed by atoms with Gasteiger partial charge < -0.3 is 19.6 Å². The average molecular weight is 318 g/mol. The molecule has 2 saturated heterocycles. The van der Waals surface area contributed by atoms with Crippen molar-refractivity contribution in [1.29, 1.82) is 0 Å². The van der Waals surface area contributed by atoms with E-state index in [9.17, 15) is 4.79 Å². The molecule has 1 amide bonds. The van der Waals surface area contributed by atoms with Gasteiger partial charge in [-0.05, 0) is 37.0 Å². The molecule has 0 aliphatic carbocycles. The number of benzene rings is 1. The van der Waals surface area contributed by atoms with Crippen molar-refractivity contribution in [2.45, 2.75) is 37.8 Å². The Hall–Kier alpha value is -1.59. The lowest BCUT2D eigenvalue weighted by atomic mass is 9.84. The minimum atomic E-state index is 0.0168. The highest BCUT2D eigenvalue weighted by molar-refractivity contribution is 5.79. The van der Waals surface area contributed by atoms with E-state index in [1.807, 2.05) is 24.3 Å². The van der Waals surface area contributed by atoms with Gasteiger partial charge >= 0.3 is 0 Å². The van der Waals surface area contributed by atoms with Gasteiger partial charge in [-0.3, -0.25) is 4.79 Å². The Morgan fingerprint density at radius 2 is 1.87 bits per heavy atom. The predicted molar refractivity (Wildman–Crippen MR) is 88.3 cm³/mol. The van der Waals surface area contributed by atoms with Crippen LogP contribution in [-0.4, -0.2) is 59.7 Å². The molecule has 0 bridgehead atoms. The summed E-state index contributed by atoms with van der Waals surface area (Å²) in [6, 6.07) is 7.98. The van der Waals surface area contributed by atoms with Gasteiger partial charge in [0.25, 0.3) is 0 Å². The molecule has 1 aromatic rings. The Balaban J connectivity index is 1.70. The quantitative estimate of drug-likeness (QED) is 0.897. The molecule has 2 heterocycles. The first-order chi connectivity index (χ1) is 11.2. The monoisotopic (exact) mass is 318 g/mol. The van der Waals surface area contributed by atoms with Crippen molar-refractivity contribution in [3.8, 4) is 5.75 Å². The number of ether oxygens (including phenoxy) is 1. The van der Waals surface area contributed by atoms with Crippen LogP contribution in [0.15, 0.2) is 24.3 Å². The van der Waals surface area contributed by atoms with Crippen LogP contribution in [0.3, 0.4) is 0 Å². The number of amides is 1. The minimum absolute atomic E-state index is 0.0168. The summed E-state index contributed by atoms with van der Waals surface area (Å²) in [6.07, 6.45) is 3.65. The van der Waals surface area contributed by atoms with Crippen LogP contribution in [0.25, 0.3) is 0 Å². The second kappa shape index (κ2) is 6.89. The summed E-state index contributed by atoms with van der Waals surface area (Å²) in [7, 11) is 1.66. The molecule has 2 aliphatic rings. The third kappa shape index (κ3) is 3.35. The molecule has 0 aromatic heterocycles. The van der Waals surface area contributed by atoms with E-state index in [1.54, 1.807) is 7.11 Å². The SMILES string of the molecule is COc1ccc(CN2C(=O)CCC23CCN(CCO)CC3)cc1. The van der Waals surface area contributed by atoms with Crippen LogP contribution in [0.2, 0.25) is 0 Å². The van der Waals surface area contributed by atoms with Gasteiger partial charge in [-0.2, -0.15) is 0 Å². The standard InChI is InChI=1S/C18H26N2O3/c1-23-16-4-2-15(3-5-16)14-20-17(22)6-7-18(20)8-10-19(11-9-18)12-13-21/h2-5,21H,6-14H2,1H3. The lowest BCUT2D eigenvalue weighted by molar-refractivity contribution is -0.133. The molecule has 1 N–H and O–H groups in total. The fraction of sp³-hybridized carbons (Fsp3) is 0.611. The second-order valence-electron chi connectivity index (χ2n) is 6.62. The van der Waals surface area contributed by atoms with Crippen molar-refractivity contribution in [1.82, 2.24) is 9.80 Å². The largest absolute Gasteiger partial charge is 0.497 e. The summed E-state index contributed by atoms with van der Waals surface area (Å²) in [4.78, 5) is 16.8. The number of rotatable bonds is 5. The molecule has 0 saturated carbocycles. The molecule has 0 radical (unpaired) electrons. The zero-order valence-corrected chi connectivity index (χ0v) is 13.8. The summed E-state index contributed by atoms with van der Waals surface area (Å²) >= 11 is 0. The van der Waals surface area contributed by atoms with E-state index < -0.39 is 0 Å². The molecular formula is C18H26N2O3. The zero-order chi connectivity index (χ0) is 16.3. The number of aliphatic hydroxyl groups is 1. The lowest BCUT2D eigenvalue weighted by Crippen LogP contribution is -2.53. The number of aliphatic hydroxyl groups excluding tert-OH is 1. The molecule has 3 rings (SSSR count). The number of piperidine rings is 1. The first-order valence-corrected chi connectivity index (χ1v) is 8.43. The van der Waals surface area contributed by atoms with Gasteiger partial charge in [-0.15, -0.1) is 0 Å². The third-order valence-corrected chi connectivity index (χ3v) is 5.38. The highest BCUT2D eigenvalue weighted by atomic mass is 16.5. The van der Waals surface area contributed by atoms with Gasteiger partial charge in [0, 0.05) is 38.1 Å². The van der Waals surface area contributed by atoms with E-state index in [0.717, 1.165) is 50.2 Å². The van der Waals surface area contributed by atoms with Crippen molar-refractivity contribution in [3.05, 3.63) is 29.8 Å². The highest BCUT2D eigenvalue weighted by Crippen LogP contribution is 2.40. The smallest absolute Gasteiger partial charge is 0.223 e. The van der Waals surface area contributed by atoms with Gasteiger partial charge in [-0.25, -0.2) is 0 Å². The Kier molecular flexibility index (Phi) is 4.87.